The zero-order valence-corrected chi connectivity index (χ0v) is 12.7. The van der Waals surface area contributed by atoms with Crippen LogP contribution < -0.4 is 10.2 Å². The molecule has 0 saturated heterocycles. The summed E-state index contributed by atoms with van der Waals surface area (Å²) >= 11 is 0. The summed E-state index contributed by atoms with van der Waals surface area (Å²) in [7, 11) is 0. The van der Waals surface area contributed by atoms with Crippen LogP contribution in [0.5, 0.6) is 0 Å². The number of carbonyl (C=O) groups excluding carboxylic acids is 1. The predicted octanol–water partition coefficient (Wildman–Crippen LogP) is 3.37. The highest BCUT2D eigenvalue weighted by Gasteiger charge is 2.25. The van der Waals surface area contributed by atoms with Crippen molar-refractivity contribution in [2.45, 2.75) is 26.2 Å². The number of para-hydroxylation sites is 1. The molecular formula is C17H20N4O. The molecule has 0 unspecified atom stereocenters. The maximum atomic E-state index is 11.9. The molecule has 1 heterocycles. The van der Waals surface area contributed by atoms with Crippen LogP contribution in [0.3, 0.4) is 0 Å². The molecule has 1 aliphatic rings. The molecule has 22 heavy (non-hydrogen) atoms. The monoisotopic (exact) mass is 296 g/mol. The second-order valence-corrected chi connectivity index (χ2v) is 5.47. The molecule has 0 aliphatic heterocycles. The van der Waals surface area contributed by atoms with Gasteiger partial charge in [0.05, 0.1) is 0 Å². The van der Waals surface area contributed by atoms with E-state index in [2.05, 4.69) is 27.3 Å². The number of nitrogens with one attached hydrogen (secondary N) is 1. The third-order valence-electron chi connectivity index (χ3n) is 4.04. The third kappa shape index (κ3) is 3.08. The van der Waals surface area contributed by atoms with E-state index < -0.39 is 0 Å². The quantitative estimate of drug-likeness (QED) is 0.919. The lowest BCUT2D eigenvalue weighted by Crippen LogP contribution is -2.28. The molecule has 5 nitrogen and oxygen atoms in total. The van der Waals surface area contributed by atoms with E-state index in [4.69, 9.17) is 0 Å². The van der Waals surface area contributed by atoms with Crippen LogP contribution >= 0.6 is 0 Å². The molecule has 2 aromatic rings. The van der Waals surface area contributed by atoms with Crippen LogP contribution in [0, 0.1) is 5.92 Å². The van der Waals surface area contributed by atoms with Gasteiger partial charge in [-0.25, -0.2) is 0 Å². The number of benzene rings is 1. The van der Waals surface area contributed by atoms with Gasteiger partial charge in [0.1, 0.15) is 0 Å². The number of amides is 1. The normalized spacial score (nSPS) is 14.2. The van der Waals surface area contributed by atoms with Gasteiger partial charge < -0.3 is 10.2 Å². The number of hydrogen-bond donors (Lipinski definition) is 1. The van der Waals surface area contributed by atoms with Crippen molar-refractivity contribution in [2.24, 2.45) is 5.92 Å². The topological polar surface area (TPSA) is 58.1 Å². The molecule has 1 aromatic carbocycles. The van der Waals surface area contributed by atoms with Crippen LogP contribution in [0.2, 0.25) is 0 Å². The molecule has 0 spiro atoms. The van der Waals surface area contributed by atoms with Crippen molar-refractivity contribution in [1.29, 1.82) is 0 Å². The fourth-order valence-corrected chi connectivity index (χ4v) is 2.52. The van der Waals surface area contributed by atoms with Crippen molar-refractivity contribution in [3.05, 3.63) is 42.5 Å². The molecule has 114 valence electrons. The summed E-state index contributed by atoms with van der Waals surface area (Å²) in [6.45, 7) is 2.87. The Morgan fingerprint density at radius 1 is 1.18 bits per heavy atom. The molecule has 1 N–H and O–H groups in total. The van der Waals surface area contributed by atoms with Crippen molar-refractivity contribution < 1.29 is 4.79 Å². The number of carbonyl (C=O) groups is 1. The summed E-state index contributed by atoms with van der Waals surface area (Å²) < 4.78 is 0. The van der Waals surface area contributed by atoms with E-state index in [-0.39, 0.29) is 11.8 Å². The van der Waals surface area contributed by atoms with Gasteiger partial charge in [0, 0.05) is 18.2 Å². The molecule has 1 fully saturated rings. The van der Waals surface area contributed by atoms with Crippen molar-refractivity contribution >= 4 is 23.2 Å². The first-order valence-corrected chi connectivity index (χ1v) is 7.75. The molecule has 0 atom stereocenters. The van der Waals surface area contributed by atoms with E-state index in [1.165, 1.54) is 0 Å². The minimum absolute atomic E-state index is 0.0590. The summed E-state index contributed by atoms with van der Waals surface area (Å²) in [5.74, 6) is 1.50. The first-order chi connectivity index (χ1) is 10.8. The average molecular weight is 296 g/mol. The molecule has 5 heteroatoms. The summed E-state index contributed by atoms with van der Waals surface area (Å²) in [5, 5.41) is 11.2. The van der Waals surface area contributed by atoms with E-state index >= 15 is 0 Å². The van der Waals surface area contributed by atoms with Crippen molar-refractivity contribution in [3.8, 4) is 0 Å². The standard InChI is InChI=1S/C17H20N4O/c1-2-21(14-9-4-3-5-10-14)16-12-11-15(19-20-16)18-17(22)13-7-6-8-13/h3-5,9-13H,2,6-8H2,1H3,(H,18,19,22). The van der Waals surface area contributed by atoms with E-state index in [1.54, 1.807) is 0 Å². The highest BCUT2D eigenvalue weighted by molar-refractivity contribution is 5.92. The van der Waals surface area contributed by atoms with Gasteiger partial charge in [0.2, 0.25) is 5.91 Å². The van der Waals surface area contributed by atoms with Gasteiger partial charge >= 0.3 is 0 Å². The Bertz CT molecular complexity index is 623. The Kier molecular flexibility index (Phi) is 4.32. The second-order valence-electron chi connectivity index (χ2n) is 5.47. The van der Waals surface area contributed by atoms with E-state index in [0.29, 0.717) is 5.82 Å². The fraction of sp³-hybridized carbons (Fsp3) is 0.353. The highest BCUT2D eigenvalue weighted by Crippen LogP contribution is 2.27. The zero-order chi connectivity index (χ0) is 15.4. The lowest BCUT2D eigenvalue weighted by molar-refractivity contribution is -0.122. The van der Waals surface area contributed by atoms with Gasteiger partial charge in [-0.1, -0.05) is 24.6 Å². The number of anilines is 3. The summed E-state index contributed by atoms with van der Waals surface area (Å²) in [5.41, 5.74) is 1.07. The van der Waals surface area contributed by atoms with Crippen LogP contribution in [-0.2, 0) is 4.79 Å². The smallest absolute Gasteiger partial charge is 0.228 e. The minimum Gasteiger partial charge on any atom is -0.325 e. The van der Waals surface area contributed by atoms with Gasteiger partial charge in [0.25, 0.3) is 0 Å². The molecular weight excluding hydrogens is 276 g/mol. The molecule has 0 radical (unpaired) electrons. The van der Waals surface area contributed by atoms with Crippen molar-refractivity contribution in [3.63, 3.8) is 0 Å². The summed E-state index contributed by atoms with van der Waals surface area (Å²) in [6.07, 6.45) is 3.11. The third-order valence-corrected chi connectivity index (χ3v) is 4.04. The Balaban J connectivity index is 1.71. The number of rotatable bonds is 5. The molecule has 1 aliphatic carbocycles. The molecule has 1 aromatic heterocycles. The molecule has 0 bridgehead atoms. The largest absolute Gasteiger partial charge is 0.325 e. The minimum atomic E-state index is 0.0590. The SMILES string of the molecule is CCN(c1ccccc1)c1ccc(NC(=O)C2CCC2)nn1. The van der Waals surface area contributed by atoms with Crippen LogP contribution in [0.4, 0.5) is 17.3 Å². The van der Waals surface area contributed by atoms with Crippen LogP contribution in [0.25, 0.3) is 0 Å². The van der Waals surface area contributed by atoms with E-state index in [0.717, 1.165) is 37.3 Å². The first kappa shape index (κ1) is 14.5. The number of aromatic nitrogens is 2. The maximum absolute atomic E-state index is 11.9. The molecule has 1 amide bonds. The number of hydrogen-bond acceptors (Lipinski definition) is 4. The lowest BCUT2D eigenvalue weighted by Gasteiger charge is -2.24. The van der Waals surface area contributed by atoms with Crippen molar-refractivity contribution in [1.82, 2.24) is 10.2 Å². The zero-order valence-electron chi connectivity index (χ0n) is 12.7. The van der Waals surface area contributed by atoms with Gasteiger partial charge in [-0.3, -0.25) is 4.79 Å². The van der Waals surface area contributed by atoms with Gasteiger partial charge in [-0.2, -0.15) is 0 Å². The number of nitrogens with zero attached hydrogens (tertiary/aromatic N) is 3. The molecule has 1 saturated carbocycles. The second kappa shape index (κ2) is 6.56. The summed E-state index contributed by atoms with van der Waals surface area (Å²) in [6, 6.07) is 13.8. The van der Waals surface area contributed by atoms with E-state index in [9.17, 15) is 4.79 Å². The summed E-state index contributed by atoms with van der Waals surface area (Å²) in [4.78, 5) is 14.0. The van der Waals surface area contributed by atoms with Crippen LogP contribution in [-0.4, -0.2) is 22.6 Å². The maximum Gasteiger partial charge on any atom is 0.228 e. The van der Waals surface area contributed by atoms with Gasteiger partial charge in [0.15, 0.2) is 11.6 Å². The lowest BCUT2D eigenvalue weighted by atomic mass is 9.85. The first-order valence-electron chi connectivity index (χ1n) is 7.75. The Hall–Kier alpha value is -2.43. The Labute approximate surface area is 130 Å². The average Bonchev–Trinajstić information content (AvgIpc) is 2.49. The highest BCUT2D eigenvalue weighted by atomic mass is 16.2. The Morgan fingerprint density at radius 2 is 1.95 bits per heavy atom. The Morgan fingerprint density at radius 3 is 2.50 bits per heavy atom. The van der Waals surface area contributed by atoms with Crippen LogP contribution in [0.1, 0.15) is 26.2 Å². The van der Waals surface area contributed by atoms with Crippen LogP contribution in [0.15, 0.2) is 42.5 Å². The molecule has 3 rings (SSSR count). The predicted molar refractivity (Wildman–Crippen MR) is 87.1 cm³/mol. The fourth-order valence-electron chi connectivity index (χ4n) is 2.52. The van der Waals surface area contributed by atoms with Gasteiger partial charge in [-0.15, -0.1) is 10.2 Å². The van der Waals surface area contributed by atoms with Gasteiger partial charge in [-0.05, 0) is 44.0 Å². The van der Waals surface area contributed by atoms with E-state index in [1.807, 2.05) is 42.5 Å². The van der Waals surface area contributed by atoms with Crippen molar-refractivity contribution in [2.75, 3.05) is 16.8 Å².